The van der Waals surface area contributed by atoms with Crippen LogP contribution >= 0.6 is 0 Å². The summed E-state index contributed by atoms with van der Waals surface area (Å²) in [5.41, 5.74) is 1.02. The molecule has 1 heterocycles. The predicted molar refractivity (Wildman–Crippen MR) is 143 cm³/mol. The van der Waals surface area contributed by atoms with Crippen molar-refractivity contribution in [3.8, 4) is 0 Å². The van der Waals surface area contributed by atoms with E-state index < -0.39 is 31.1 Å². The van der Waals surface area contributed by atoms with Gasteiger partial charge in [-0.25, -0.2) is 17.9 Å². The number of likely N-dealkylation sites (N-methyl/N-ethyl adjacent to an activating group) is 1. The molecule has 1 saturated heterocycles. The van der Waals surface area contributed by atoms with Crippen LogP contribution in [0, 0.1) is 11.8 Å². The summed E-state index contributed by atoms with van der Waals surface area (Å²) in [5, 5.41) is 10.9. The van der Waals surface area contributed by atoms with Gasteiger partial charge in [0.25, 0.3) is 10.2 Å². The first-order valence-corrected chi connectivity index (χ1v) is 16.0. The van der Waals surface area contributed by atoms with Crippen molar-refractivity contribution in [2.45, 2.75) is 63.7 Å². The van der Waals surface area contributed by atoms with E-state index in [9.17, 15) is 21.9 Å². The standard InChI is InChI=1S/C25H44N4O5S2/c1-20(2)35(31,32)27-19-21(3)23-9-12-25(30,13-10-23)24-7-5-22(6-8-24)11-14-26-36(33,34)29-17-15-28(4)16-18-29/h5-8,20-21,23,26-27,30H,9-19H2,1-4H3. The molecule has 0 radical (unpaired) electrons. The lowest BCUT2D eigenvalue weighted by atomic mass is 9.71. The van der Waals surface area contributed by atoms with E-state index in [2.05, 4.69) is 21.3 Å². The smallest absolute Gasteiger partial charge is 0.279 e. The van der Waals surface area contributed by atoms with Gasteiger partial charge in [-0.2, -0.15) is 12.7 Å². The summed E-state index contributed by atoms with van der Waals surface area (Å²) in [7, 11) is -4.74. The summed E-state index contributed by atoms with van der Waals surface area (Å²) in [6.45, 7) is 8.67. The van der Waals surface area contributed by atoms with Crippen molar-refractivity contribution in [2.24, 2.45) is 11.8 Å². The molecule has 1 aliphatic heterocycles. The summed E-state index contributed by atoms with van der Waals surface area (Å²) < 4.78 is 56.0. The number of aliphatic hydroxyl groups is 1. The molecule has 0 spiro atoms. The predicted octanol–water partition coefficient (Wildman–Crippen LogP) is 1.65. The van der Waals surface area contributed by atoms with Gasteiger partial charge in [0.15, 0.2) is 0 Å². The maximum Gasteiger partial charge on any atom is 0.279 e. The van der Waals surface area contributed by atoms with Crippen molar-refractivity contribution in [1.82, 2.24) is 18.6 Å². The third-order valence-corrected chi connectivity index (χ3v) is 11.3. The summed E-state index contributed by atoms with van der Waals surface area (Å²) in [4.78, 5) is 2.12. The van der Waals surface area contributed by atoms with Crippen molar-refractivity contribution in [2.75, 3.05) is 46.3 Å². The zero-order valence-corrected chi connectivity index (χ0v) is 23.7. The Balaban J connectivity index is 1.46. The third-order valence-electron chi connectivity index (χ3n) is 7.88. The molecule has 206 valence electrons. The van der Waals surface area contributed by atoms with Crippen molar-refractivity contribution < 1.29 is 21.9 Å². The van der Waals surface area contributed by atoms with Gasteiger partial charge in [-0.05, 0) is 76.0 Å². The monoisotopic (exact) mass is 544 g/mol. The molecule has 0 aromatic heterocycles. The first-order valence-electron chi connectivity index (χ1n) is 13.1. The van der Waals surface area contributed by atoms with Gasteiger partial charge in [0, 0.05) is 39.3 Å². The summed E-state index contributed by atoms with van der Waals surface area (Å²) in [6, 6.07) is 7.83. The Hall–Kier alpha value is -1.08. The second-order valence-corrected chi connectivity index (χ2v) is 14.9. The zero-order valence-electron chi connectivity index (χ0n) is 22.1. The Labute approximate surface area is 217 Å². The van der Waals surface area contributed by atoms with Gasteiger partial charge in [-0.1, -0.05) is 31.2 Å². The number of hydrogen-bond acceptors (Lipinski definition) is 6. The molecule has 1 aliphatic carbocycles. The van der Waals surface area contributed by atoms with Crippen LogP contribution in [0.2, 0.25) is 0 Å². The Kier molecular flexibility index (Phi) is 9.98. The molecule has 3 rings (SSSR count). The second-order valence-electron chi connectivity index (χ2n) is 10.8. The summed E-state index contributed by atoms with van der Waals surface area (Å²) in [6.07, 6.45) is 3.55. The number of hydrogen-bond donors (Lipinski definition) is 3. The molecule has 1 saturated carbocycles. The highest BCUT2D eigenvalue weighted by Gasteiger charge is 2.36. The van der Waals surface area contributed by atoms with E-state index in [0.717, 1.165) is 37.1 Å². The Bertz CT molecular complexity index is 1040. The van der Waals surface area contributed by atoms with Gasteiger partial charge >= 0.3 is 0 Å². The highest BCUT2D eigenvalue weighted by Crippen LogP contribution is 2.41. The molecular weight excluding hydrogens is 500 g/mol. The maximum absolute atomic E-state index is 12.5. The van der Waals surface area contributed by atoms with E-state index in [1.54, 1.807) is 13.8 Å². The molecular formula is C25H44N4O5S2. The Morgan fingerprint density at radius 1 is 0.972 bits per heavy atom. The summed E-state index contributed by atoms with van der Waals surface area (Å²) >= 11 is 0. The zero-order chi connectivity index (χ0) is 26.6. The molecule has 2 fully saturated rings. The van der Waals surface area contributed by atoms with Crippen LogP contribution in [-0.4, -0.2) is 82.7 Å². The van der Waals surface area contributed by atoms with Crippen LogP contribution in [-0.2, 0) is 32.3 Å². The first-order chi connectivity index (χ1) is 16.8. The van der Waals surface area contributed by atoms with Crippen molar-refractivity contribution in [1.29, 1.82) is 0 Å². The molecule has 1 aromatic carbocycles. The van der Waals surface area contributed by atoms with E-state index in [1.165, 1.54) is 4.31 Å². The number of nitrogens with one attached hydrogen (secondary N) is 2. The van der Waals surface area contributed by atoms with Crippen LogP contribution in [0.15, 0.2) is 24.3 Å². The van der Waals surface area contributed by atoms with Crippen molar-refractivity contribution in [3.63, 3.8) is 0 Å². The highest BCUT2D eigenvalue weighted by molar-refractivity contribution is 7.90. The van der Waals surface area contributed by atoms with Crippen molar-refractivity contribution in [3.05, 3.63) is 35.4 Å². The Morgan fingerprint density at radius 2 is 1.56 bits per heavy atom. The maximum atomic E-state index is 12.5. The number of nitrogens with zero attached hydrogens (tertiary/aromatic N) is 2. The minimum absolute atomic E-state index is 0.208. The van der Waals surface area contributed by atoms with Crippen LogP contribution in [0.25, 0.3) is 0 Å². The molecule has 0 bridgehead atoms. The van der Waals surface area contributed by atoms with Gasteiger partial charge in [-0.3, -0.25) is 0 Å². The normalized spacial score (nSPS) is 25.8. The molecule has 2 aliphatic rings. The molecule has 3 N–H and O–H groups in total. The van der Waals surface area contributed by atoms with E-state index in [-0.39, 0.29) is 5.92 Å². The van der Waals surface area contributed by atoms with Crippen LogP contribution in [0.5, 0.6) is 0 Å². The lowest BCUT2D eigenvalue weighted by Crippen LogP contribution is -2.51. The van der Waals surface area contributed by atoms with Crippen LogP contribution in [0.4, 0.5) is 0 Å². The second kappa shape index (κ2) is 12.2. The number of rotatable bonds is 11. The molecule has 9 nitrogen and oxygen atoms in total. The fourth-order valence-electron chi connectivity index (χ4n) is 4.98. The van der Waals surface area contributed by atoms with Gasteiger partial charge < -0.3 is 10.0 Å². The van der Waals surface area contributed by atoms with Gasteiger partial charge in [0.2, 0.25) is 10.0 Å². The van der Waals surface area contributed by atoms with E-state index in [0.29, 0.717) is 51.4 Å². The number of piperazine rings is 1. The van der Waals surface area contributed by atoms with Crippen LogP contribution < -0.4 is 9.44 Å². The molecule has 0 amide bonds. The average molecular weight is 545 g/mol. The van der Waals surface area contributed by atoms with Crippen molar-refractivity contribution >= 4 is 20.2 Å². The molecule has 11 heteroatoms. The fourth-order valence-corrected chi connectivity index (χ4v) is 7.00. The Morgan fingerprint density at radius 3 is 2.11 bits per heavy atom. The molecule has 1 atom stereocenters. The van der Waals surface area contributed by atoms with Gasteiger partial charge in [0.1, 0.15) is 0 Å². The van der Waals surface area contributed by atoms with Crippen LogP contribution in [0.3, 0.4) is 0 Å². The lowest BCUT2D eigenvalue weighted by Gasteiger charge is -2.38. The minimum atomic E-state index is -3.46. The largest absolute Gasteiger partial charge is 0.385 e. The van der Waals surface area contributed by atoms with Gasteiger partial charge in [-0.15, -0.1) is 0 Å². The minimum Gasteiger partial charge on any atom is -0.385 e. The molecule has 36 heavy (non-hydrogen) atoms. The average Bonchev–Trinajstić information content (AvgIpc) is 2.83. The number of benzene rings is 1. The molecule has 1 unspecified atom stereocenters. The lowest BCUT2D eigenvalue weighted by molar-refractivity contribution is -0.0207. The highest BCUT2D eigenvalue weighted by atomic mass is 32.2. The van der Waals surface area contributed by atoms with Crippen LogP contribution in [0.1, 0.15) is 57.6 Å². The summed E-state index contributed by atoms with van der Waals surface area (Å²) in [5.74, 6) is 0.577. The topological polar surface area (TPSA) is 119 Å². The van der Waals surface area contributed by atoms with E-state index >= 15 is 0 Å². The van der Waals surface area contributed by atoms with E-state index in [4.69, 9.17) is 0 Å². The quantitative estimate of drug-likeness (QED) is 0.390. The van der Waals surface area contributed by atoms with E-state index in [1.807, 2.05) is 31.3 Å². The third kappa shape index (κ3) is 7.72. The van der Waals surface area contributed by atoms with Gasteiger partial charge in [0.05, 0.1) is 10.9 Å². The fraction of sp³-hybridized carbons (Fsp3) is 0.760. The first kappa shape index (κ1) is 29.5. The number of sulfonamides is 1. The molecule has 1 aromatic rings. The SMILES string of the molecule is CC(CNS(=O)(=O)C(C)C)C1CCC(O)(c2ccc(CCNS(=O)(=O)N3CCN(C)CC3)cc2)CC1.